The van der Waals surface area contributed by atoms with E-state index in [2.05, 4.69) is 4.98 Å². The van der Waals surface area contributed by atoms with Gasteiger partial charge in [-0.1, -0.05) is 0 Å². The average Bonchev–Trinajstić information content (AvgIpc) is 2.28. The highest BCUT2D eigenvalue weighted by molar-refractivity contribution is 7.11. The summed E-state index contributed by atoms with van der Waals surface area (Å²) in [5, 5.41) is 1.11. The van der Waals surface area contributed by atoms with Crippen LogP contribution in [0, 0.1) is 13.8 Å². The second-order valence-corrected chi connectivity index (χ2v) is 3.80. The highest BCUT2D eigenvalue weighted by Gasteiger charge is 2.10. The van der Waals surface area contributed by atoms with Crippen LogP contribution < -0.4 is 0 Å². The van der Waals surface area contributed by atoms with Crippen molar-refractivity contribution in [1.29, 1.82) is 0 Å². The lowest BCUT2D eigenvalue weighted by Gasteiger charge is -2.05. The minimum Gasteiger partial charge on any atom is -0.376 e. The van der Waals surface area contributed by atoms with Crippen LogP contribution in [0.2, 0.25) is 0 Å². The van der Waals surface area contributed by atoms with E-state index in [0.29, 0.717) is 0 Å². The van der Waals surface area contributed by atoms with Crippen molar-refractivity contribution < 1.29 is 4.74 Å². The van der Waals surface area contributed by atoms with E-state index in [1.165, 1.54) is 4.88 Å². The third-order valence-electron chi connectivity index (χ3n) is 1.66. The molecular weight excluding hydrogens is 169 g/mol. The summed E-state index contributed by atoms with van der Waals surface area (Å²) in [5.74, 6) is 0. The minimum absolute atomic E-state index is 0. The maximum atomic E-state index is 5.20. The zero-order valence-corrected chi connectivity index (χ0v) is 8.16. The summed E-state index contributed by atoms with van der Waals surface area (Å²) < 4.78 is 5.20. The van der Waals surface area contributed by atoms with Crippen molar-refractivity contribution in [3.63, 3.8) is 0 Å². The molecule has 1 unspecified atom stereocenters. The first-order chi connectivity index (χ1) is 5.15. The van der Waals surface area contributed by atoms with Crippen molar-refractivity contribution in [3.8, 4) is 0 Å². The first kappa shape index (κ1) is 11.7. The van der Waals surface area contributed by atoms with Crippen LogP contribution >= 0.6 is 11.3 Å². The molecule has 0 aromatic carbocycles. The molecule has 0 N–H and O–H groups in total. The average molecular weight is 185 g/mol. The number of hydrogen-bond donors (Lipinski definition) is 0. The zero-order chi connectivity index (χ0) is 8.43. The topological polar surface area (TPSA) is 22.1 Å². The van der Waals surface area contributed by atoms with Gasteiger partial charge in [0.25, 0.3) is 0 Å². The van der Waals surface area contributed by atoms with Crippen LogP contribution in [0.15, 0.2) is 0 Å². The van der Waals surface area contributed by atoms with Gasteiger partial charge in [-0.05, 0) is 20.8 Å². The van der Waals surface area contributed by atoms with Gasteiger partial charge >= 0.3 is 0 Å². The van der Waals surface area contributed by atoms with Crippen LogP contribution in [0.3, 0.4) is 0 Å². The second-order valence-electron chi connectivity index (χ2n) is 2.56. The predicted octanol–water partition coefficient (Wildman–Crippen LogP) is 1.28. The Morgan fingerprint density at radius 1 is 1.42 bits per heavy atom. The molecule has 4 heteroatoms. The van der Waals surface area contributed by atoms with E-state index < -0.39 is 0 Å². The smallest absolute Gasteiger partial charge is 0.0903 e. The number of aromatic nitrogens is 1. The third kappa shape index (κ3) is 2.32. The van der Waals surface area contributed by atoms with Crippen LogP contribution in [0.25, 0.3) is 0 Å². The molecule has 68 valence electrons. The molecule has 0 radical (unpaired) electrons. The number of thiazole rings is 1. The fraction of sp³-hybridized carbons (Fsp3) is 0.625. The van der Waals surface area contributed by atoms with Gasteiger partial charge in [0.15, 0.2) is 0 Å². The molecule has 1 atom stereocenters. The zero-order valence-electron chi connectivity index (χ0n) is 7.34. The molecule has 0 fully saturated rings. The second kappa shape index (κ2) is 4.62. The van der Waals surface area contributed by atoms with Gasteiger partial charge in [0.05, 0.1) is 30.1 Å². The van der Waals surface area contributed by atoms with E-state index >= 15 is 0 Å². The maximum absolute atomic E-state index is 5.20. The van der Waals surface area contributed by atoms with Crippen LogP contribution in [0.5, 0.6) is 0 Å². The third-order valence-corrected chi connectivity index (χ3v) is 2.90. The van der Waals surface area contributed by atoms with Crippen molar-refractivity contribution in [2.75, 3.05) is 7.11 Å². The quantitative estimate of drug-likeness (QED) is 0.647. The van der Waals surface area contributed by atoms with E-state index in [1.54, 1.807) is 18.4 Å². The Balaban J connectivity index is 0.00000121. The highest BCUT2D eigenvalue weighted by atomic mass is 32.1. The van der Waals surface area contributed by atoms with E-state index in [1.807, 2.05) is 20.8 Å². The maximum Gasteiger partial charge on any atom is 0.0903 e. The molecule has 1 heterocycles. The molecule has 1 aromatic rings. The van der Waals surface area contributed by atoms with Gasteiger partial charge in [0.2, 0.25) is 0 Å². The summed E-state index contributed by atoms with van der Waals surface area (Å²) >= 11 is 1.71. The van der Waals surface area contributed by atoms with E-state index in [0.717, 1.165) is 10.7 Å². The Hall–Kier alpha value is -0.345. The molecule has 0 aliphatic heterocycles. The molecular formula is C8H16BNOS. The Morgan fingerprint density at radius 3 is 2.33 bits per heavy atom. The number of rotatable bonds is 2. The molecule has 0 saturated carbocycles. The molecule has 1 aromatic heterocycles. The SMILES string of the molecule is B.COC(C)c1sc(C)nc1C. The van der Waals surface area contributed by atoms with E-state index in [4.69, 9.17) is 4.74 Å². The first-order valence-electron chi connectivity index (χ1n) is 3.62. The Bertz CT molecular complexity index is 249. The summed E-state index contributed by atoms with van der Waals surface area (Å²) in [6.07, 6.45) is 0.182. The summed E-state index contributed by atoms with van der Waals surface area (Å²) in [6.45, 7) is 6.08. The summed E-state index contributed by atoms with van der Waals surface area (Å²) in [7, 11) is 1.72. The fourth-order valence-corrected chi connectivity index (χ4v) is 1.99. The van der Waals surface area contributed by atoms with Crippen molar-refractivity contribution in [1.82, 2.24) is 4.98 Å². The van der Waals surface area contributed by atoms with Crippen LogP contribution in [-0.4, -0.2) is 20.5 Å². The van der Waals surface area contributed by atoms with E-state index in [9.17, 15) is 0 Å². The van der Waals surface area contributed by atoms with Gasteiger partial charge in [0.1, 0.15) is 0 Å². The molecule has 0 spiro atoms. The van der Waals surface area contributed by atoms with Gasteiger partial charge in [0, 0.05) is 7.11 Å². The minimum atomic E-state index is 0. The monoisotopic (exact) mass is 185 g/mol. The molecule has 12 heavy (non-hydrogen) atoms. The summed E-state index contributed by atoms with van der Waals surface area (Å²) in [4.78, 5) is 5.56. The predicted molar refractivity (Wildman–Crippen MR) is 57.0 cm³/mol. The van der Waals surface area contributed by atoms with Crippen LogP contribution in [0.1, 0.15) is 28.6 Å². The largest absolute Gasteiger partial charge is 0.376 e. The standard InChI is InChI=1S/C8H13NOS.BH3/c1-5-8(6(2)10-4)11-7(3)9-5;/h6H,1-4H3;1H3. The molecule has 0 amide bonds. The van der Waals surface area contributed by atoms with Crippen LogP contribution in [-0.2, 0) is 4.74 Å². The molecule has 0 saturated heterocycles. The van der Waals surface area contributed by atoms with Gasteiger partial charge in [-0.2, -0.15) is 0 Å². The summed E-state index contributed by atoms with van der Waals surface area (Å²) in [5.41, 5.74) is 1.10. The lowest BCUT2D eigenvalue weighted by Crippen LogP contribution is -1.94. The number of aryl methyl sites for hydroxylation is 2. The highest BCUT2D eigenvalue weighted by Crippen LogP contribution is 2.25. The molecule has 1 rings (SSSR count). The summed E-state index contributed by atoms with van der Waals surface area (Å²) in [6, 6.07) is 0. The number of ether oxygens (including phenoxy) is 1. The van der Waals surface area contributed by atoms with Crippen molar-refractivity contribution >= 4 is 19.7 Å². The Morgan fingerprint density at radius 2 is 2.00 bits per heavy atom. The van der Waals surface area contributed by atoms with Gasteiger partial charge < -0.3 is 4.74 Å². The fourth-order valence-electron chi connectivity index (χ4n) is 1.03. The van der Waals surface area contributed by atoms with Crippen LogP contribution in [0.4, 0.5) is 0 Å². The van der Waals surface area contributed by atoms with Crippen molar-refractivity contribution in [2.24, 2.45) is 0 Å². The Kier molecular flexibility index (Phi) is 4.49. The first-order valence-corrected chi connectivity index (χ1v) is 4.43. The van der Waals surface area contributed by atoms with Gasteiger partial charge in [-0.25, -0.2) is 4.98 Å². The lowest BCUT2D eigenvalue weighted by molar-refractivity contribution is 0.122. The molecule has 2 nitrogen and oxygen atoms in total. The molecule has 0 aliphatic carbocycles. The van der Waals surface area contributed by atoms with Crippen molar-refractivity contribution in [3.05, 3.63) is 15.6 Å². The Labute approximate surface area is 79.6 Å². The van der Waals surface area contributed by atoms with E-state index in [-0.39, 0.29) is 14.5 Å². The lowest BCUT2D eigenvalue weighted by atomic mass is 10.3. The normalized spacial score (nSPS) is 12.3. The molecule has 0 aliphatic rings. The number of nitrogens with zero attached hydrogens (tertiary/aromatic N) is 1. The van der Waals surface area contributed by atoms with Gasteiger partial charge in [-0.3, -0.25) is 0 Å². The number of methoxy groups -OCH3 is 1. The van der Waals surface area contributed by atoms with Crippen molar-refractivity contribution in [2.45, 2.75) is 26.9 Å². The molecule has 0 bridgehead atoms. The van der Waals surface area contributed by atoms with Gasteiger partial charge in [-0.15, -0.1) is 11.3 Å². The number of hydrogen-bond acceptors (Lipinski definition) is 3.